The topological polar surface area (TPSA) is 178 Å². The molecule has 5 rings (SSSR count). The van der Waals surface area contributed by atoms with E-state index in [2.05, 4.69) is 21.5 Å². The second-order valence-electron chi connectivity index (χ2n) is 11.0. The van der Waals surface area contributed by atoms with E-state index in [1.54, 1.807) is 32.1 Å². The van der Waals surface area contributed by atoms with Crippen molar-refractivity contribution in [3.8, 4) is 0 Å². The van der Waals surface area contributed by atoms with Gasteiger partial charge in [0.05, 0.1) is 28.7 Å². The number of aryl methyl sites for hydroxylation is 3. The second kappa shape index (κ2) is 16.4. The molecule has 226 valence electrons. The van der Waals surface area contributed by atoms with Crippen molar-refractivity contribution in [2.24, 2.45) is 0 Å². The number of carboxylic acids is 3. The Balaban J connectivity index is 0.00000256. The van der Waals surface area contributed by atoms with E-state index in [4.69, 9.17) is 4.98 Å². The maximum atomic E-state index is 12.5. The predicted molar refractivity (Wildman–Crippen MR) is 163 cm³/mol. The van der Waals surface area contributed by atoms with E-state index in [-0.39, 0.29) is 124 Å². The molecule has 47 heavy (non-hydrogen) atoms. The van der Waals surface area contributed by atoms with Crippen molar-refractivity contribution in [3.05, 3.63) is 75.4 Å². The fraction of sp³-hybridized carbons (Fsp3) is 0.265. The molecule has 0 unspecified atom stereocenters. The minimum absolute atomic E-state index is 0. The Hall–Kier alpha value is -2.25. The summed E-state index contributed by atoms with van der Waals surface area (Å²) in [5.41, 5.74) is 8.84. The molecule has 13 heteroatoms. The first-order valence-corrected chi connectivity index (χ1v) is 14.3. The van der Waals surface area contributed by atoms with Crippen LogP contribution in [-0.2, 0) is 27.2 Å². The SMILES string of the molecule is C=Cc1c(C)c2cc3nc(c(CC(=O)[O-])c4nc(cc5[nH]c(cc1[nH]2)c(C)c5CC)C(C)=C4C(=O)[O-])C(CCC(=O)[O-])=C3C.[Na+].[Na+].[Na+]. The van der Waals surface area contributed by atoms with Crippen molar-refractivity contribution in [2.75, 3.05) is 0 Å². The number of rotatable bonds is 8. The summed E-state index contributed by atoms with van der Waals surface area (Å²) >= 11 is 0. The first-order valence-electron chi connectivity index (χ1n) is 14.3. The van der Waals surface area contributed by atoms with Gasteiger partial charge in [0.15, 0.2) is 0 Å². The molecule has 10 nitrogen and oxygen atoms in total. The van der Waals surface area contributed by atoms with Gasteiger partial charge in [-0.05, 0) is 98.6 Å². The summed E-state index contributed by atoms with van der Waals surface area (Å²) in [4.78, 5) is 52.4. The molecule has 0 saturated carbocycles. The molecule has 2 N–H and O–H groups in total. The number of nitrogens with one attached hydrogen (secondary N) is 2. The minimum atomic E-state index is -1.52. The average molecular weight is 661 g/mol. The fourth-order valence-electron chi connectivity index (χ4n) is 6.12. The van der Waals surface area contributed by atoms with Gasteiger partial charge in [-0.15, -0.1) is 0 Å². The number of aliphatic carboxylic acids is 3. The standard InChI is InChI=1S/C34H34N4O6.3Na/c1-7-19-15(3)23-12-25-17(5)21(9-10-29(39)40)32(37-25)22(11-30(41)42)33-31(34(43)44)18(6)26(38-33)14-28-20(8-2)16(4)24(36-28)13-27(19)35-23;;;/h7,12-14,35-36H,1,8-11H2,2-6H3,(H,39,40)(H,41,42)(H,43,44);;;/q;3*+1/p-3. The summed E-state index contributed by atoms with van der Waals surface area (Å²) in [6.07, 6.45) is 1.36. The third-order valence-electron chi connectivity index (χ3n) is 8.49. The van der Waals surface area contributed by atoms with Crippen LogP contribution >= 0.6 is 0 Å². The van der Waals surface area contributed by atoms with Crippen molar-refractivity contribution < 1.29 is 118 Å². The van der Waals surface area contributed by atoms with Crippen molar-refractivity contribution in [2.45, 2.75) is 60.3 Å². The van der Waals surface area contributed by atoms with Crippen molar-refractivity contribution in [3.63, 3.8) is 0 Å². The van der Waals surface area contributed by atoms with Crippen molar-refractivity contribution >= 4 is 68.3 Å². The average Bonchev–Trinajstić information content (AvgIpc) is 3.63. The normalized spacial score (nSPS) is 12.2. The van der Waals surface area contributed by atoms with Gasteiger partial charge in [0.25, 0.3) is 0 Å². The van der Waals surface area contributed by atoms with E-state index in [1.807, 2.05) is 26.8 Å². The Kier molecular flexibility index (Phi) is 14.3. The van der Waals surface area contributed by atoms with Crippen LogP contribution in [0.1, 0.15) is 84.2 Å². The third kappa shape index (κ3) is 7.82. The zero-order chi connectivity index (χ0) is 32.0. The van der Waals surface area contributed by atoms with E-state index in [0.717, 1.165) is 44.3 Å². The first-order chi connectivity index (χ1) is 20.9. The van der Waals surface area contributed by atoms with Crippen LogP contribution in [0.15, 0.2) is 24.8 Å². The number of aromatic nitrogens is 4. The van der Waals surface area contributed by atoms with Crippen LogP contribution in [0.25, 0.3) is 50.4 Å². The molecule has 2 aliphatic heterocycles. The number of carboxylic acid groups (broad SMARTS) is 3. The smallest absolute Gasteiger partial charge is 0.550 e. The molecule has 5 heterocycles. The molecule has 0 amide bonds. The molecule has 0 fully saturated rings. The molecule has 0 saturated heterocycles. The van der Waals surface area contributed by atoms with Gasteiger partial charge in [-0.3, -0.25) is 0 Å². The number of carbonyl (C=O) groups excluding carboxylic acids is 3. The van der Waals surface area contributed by atoms with E-state index in [0.29, 0.717) is 34.5 Å². The van der Waals surface area contributed by atoms with Gasteiger partial charge in [0, 0.05) is 57.1 Å². The van der Waals surface area contributed by atoms with Gasteiger partial charge < -0.3 is 39.7 Å². The number of H-pyrrole nitrogens is 2. The number of hydrogen-bond donors (Lipinski definition) is 2. The molecule has 0 radical (unpaired) electrons. The number of fused-ring (bicyclic) bond motifs is 8. The number of hydrogen-bond acceptors (Lipinski definition) is 8. The second-order valence-corrected chi connectivity index (χ2v) is 11.0. The van der Waals surface area contributed by atoms with E-state index < -0.39 is 24.3 Å². The quantitative estimate of drug-likeness (QED) is 0.224. The maximum absolute atomic E-state index is 12.5. The Morgan fingerprint density at radius 3 is 1.91 bits per heavy atom. The largest absolute Gasteiger partial charge is 1.00 e. The Bertz CT molecular complexity index is 2040. The van der Waals surface area contributed by atoms with Crippen molar-refractivity contribution in [1.29, 1.82) is 0 Å². The van der Waals surface area contributed by atoms with Gasteiger partial charge in [-0.1, -0.05) is 19.6 Å². The summed E-state index contributed by atoms with van der Waals surface area (Å²) in [6, 6.07) is 5.54. The number of allylic oxidation sites excluding steroid dienone is 3. The molecule has 8 bridgehead atoms. The molecule has 0 atom stereocenters. The molecular weight excluding hydrogens is 629 g/mol. The Morgan fingerprint density at radius 2 is 1.34 bits per heavy atom. The van der Waals surface area contributed by atoms with Gasteiger partial charge >= 0.3 is 88.7 Å². The first kappa shape index (κ1) is 40.9. The van der Waals surface area contributed by atoms with Crippen LogP contribution in [0.2, 0.25) is 0 Å². The van der Waals surface area contributed by atoms with Crippen LogP contribution < -0.4 is 104 Å². The summed E-state index contributed by atoms with van der Waals surface area (Å²) < 4.78 is 0. The van der Waals surface area contributed by atoms with E-state index in [1.165, 1.54) is 0 Å². The molecular formula is C34H31N4Na3O6. The molecule has 3 aromatic heterocycles. The fourth-order valence-corrected chi connectivity index (χ4v) is 6.12. The zero-order valence-corrected chi connectivity index (χ0v) is 34.2. The maximum Gasteiger partial charge on any atom is 1.00 e. The third-order valence-corrected chi connectivity index (χ3v) is 8.49. The van der Waals surface area contributed by atoms with Crippen LogP contribution in [-0.4, -0.2) is 37.8 Å². The zero-order valence-electron chi connectivity index (χ0n) is 28.2. The Morgan fingerprint density at radius 1 is 0.766 bits per heavy atom. The Labute approximate surface area is 338 Å². The van der Waals surface area contributed by atoms with Crippen LogP contribution in [0.4, 0.5) is 0 Å². The van der Waals surface area contributed by atoms with Gasteiger partial charge in [-0.2, -0.15) is 0 Å². The van der Waals surface area contributed by atoms with Gasteiger partial charge in [0.2, 0.25) is 0 Å². The number of nitrogens with zero attached hydrogens (tertiary/aromatic N) is 2. The predicted octanol–water partition coefficient (Wildman–Crippen LogP) is -6.42. The van der Waals surface area contributed by atoms with Crippen LogP contribution in [0.3, 0.4) is 0 Å². The van der Waals surface area contributed by atoms with Crippen molar-refractivity contribution in [1.82, 2.24) is 19.9 Å². The van der Waals surface area contributed by atoms with Gasteiger partial charge in [-0.25, -0.2) is 9.97 Å². The van der Waals surface area contributed by atoms with Crippen LogP contribution in [0, 0.1) is 13.8 Å². The summed E-state index contributed by atoms with van der Waals surface area (Å²) in [6.45, 7) is 13.3. The minimum Gasteiger partial charge on any atom is -0.550 e. The van der Waals surface area contributed by atoms with Gasteiger partial charge in [0.1, 0.15) is 0 Å². The molecule has 3 aromatic rings. The molecule has 2 aliphatic rings. The molecule has 0 spiro atoms. The van der Waals surface area contributed by atoms with E-state index >= 15 is 0 Å². The molecule has 0 aliphatic carbocycles. The number of carbonyl (C=O) groups is 3. The van der Waals surface area contributed by atoms with E-state index in [9.17, 15) is 29.7 Å². The summed E-state index contributed by atoms with van der Waals surface area (Å²) in [5.74, 6) is -4.29. The number of aromatic amines is 2. The summed E-state index contributed by atoms with van der Waals surface area (Å²) in [7, 11) is 0. The monoisotopic (exact) mass is 660 g/mol. The van der Waals surface area contributed by atoms with Crippen LogP contribution in [0.5, 0.6) is 0 Å². The molecule has 0 aromatic carbocycles. The summed E-state index contributed by atoms with van der Waals surface area (Å²) in [5, 5.41) is 36.1.